The van der Waals surface area contributed by atoms with E-state index in [4.69, 9.17) is 5.73 Å². The summed E-state index contributed by atoms with van der Waals surface area (Å²) in [5.41, 5.74) is 6.97. The highest BCUT2D eigenvalue weighted by Gasteiger charge is 2.49. The maximum atomic E-state index is 13.3. The Balaban J connectivity index is 2.09. The molecule has 2 N–H and O–H groups in total. The van der Waals surface area contributed by atoms with Gasteiger partial charge in [-0.15, -0.1) is 0 Å². The van der Waals surface area contributed by atoms with Gasteiger partial charge in [-0.25, -0.2) is 4.99 Å². The van der Waals surface area contributed by atoms with E-state index in [1.165, 1.54) is 17.0 Å². The summed E-state index contributed by atoms with van der Waals surface area (Å²) in [7, 11) is 1.57. The zero-order chi connectivity index (χ0) is 21.2. The Morgan fingerprint density at radius 3 is 2.41 bits per heavy atom. The van der Waals surface area contributed by atoms with Crippen LogP contribution in [0.1, 0.15) is 37.0 Å². The number of carbonyl (C=O) groups excluding carboxylic acids is 1. The Morgan fingerprint density at radius 1 is 1.17 bits per heavy atom. The third-order valence-corrected chi connectivity index (χ3v) is 5.36. The minimum atomic E-state index is -2.92. The molecule has 0 aliphatic carbocycles. The molecule has 0 saturated heterocycles. The van der Waals surface area contributed by atoms with E-state index in [9.17, 15) is 13.6 Å². The average molecular weight is 401 g/mol. The zero-order valence-corrected chi connectivity index (χ0v) is 16.7. The highest BCUT2D eigenvalue weighted by molar-refractivity contribution is 6.08. The number of nitrogens with two attached hydrogens (primary N) is 1. The van der Waals surface area contributed by atoms with Crippen LogP contribution in [-0.4, -0.2) is 30.4 Å². The van der Waals surface area contributed by atoms with Crippen LogP contribution < -0.4 is 10.5 Å². The van der Waals surface area contributed by atoms with E-state index in [0.29, 0.717) is 17.0 Å². The van der Waals surface area contributed by atoms with Gasteiger partial charge in [-0.05, 0) is 41.2 Å². The average Bonchev–Trinajstić information content (AvgIpc) is 2.93. The molecule has 1 amide bonds. The summed E-state index contributed by atoms with van der Waals surface area (Å²) in [5, 5.41) is 0. The molecule has 3 rings (SSSR count). The van der Waals surface area contributed by atoms with Gasteiger partial charge in [-0.3, -0.25) is 9.69 Å². The monoisotopic (exact) mass is 401 g/mol. The Kier molecular flexibility index (Phi) is 5.86. The fourth-order valence-electron chi connectivity index (χ4n) is 3.53. The molecule has 0 saturated carbocycles. The quantitative estimate of drug-likeness (QED) is 0.765. The number of alkyl halides is 2. The summed E-state index contributed by atoms with van der Waals surface area (Å²) in [4.78, 5) is 19.1. The SMILES string of the molecule is CCC(C)Cc1cccc(C2(c3ccc(OC(F)F)cc3)N=C(N)N(C)C2=O)c1. The smallest absolute Gasteiger partial charge is 0.387 e. The van der Waals surface area contributed by atoms with E-state index in [2.05, 4.69) is 23.6 Å². The van der Waals surface area contributed by atoms with Crippen LogP contribution in [0, 0.1) is 5.92 Å². The van der Waals surface area contributed by atoms with Crippen LogP contribution in [0.4, 0.5) is 8.78 Å². The molecule has 1 aliphatic rings. The highest BCUT2D eigenvalue weighted by atomic mass is 19.3. The summed E-state index contributed by atoms with van der Waals surface area (Å²) in [6.07, 6.45) is 1.93. The van der Waals surface area contributed by atoms with E-state index in [1.807, 2.05) is 24.3 Å². The van der Waals surface area contributed by atoms with Gasteiger partial charge in [0.1, 0.15) is 5.75 Å². The zero-order valence-electron chi connectivity index (χ0n) is 16.7. The lowest BCUT2D eigenvalue weighted by atomic mass is 9.81. The fourth-order valence-corrected chi connectivity index (χ4v) is 3.53. The maximum absolute atomic E-state index is 13.3. The van der Waals surface area contributed by atoms with Gasteiger partial charge in [0.2, 0.25) is 0 Å². The molecule has 0 radical (unpaired) electrons. The van der Waals surface area contributed by atoms with Crippen LogP contribution in [0.2, 0.25) is 0 Å². The predicted molar refractivity (Wildman–Crippen MR) is 108 cm³/mol. The molecule has 154 valence electrons. The van der Waals surface area contributed by atoms with E-state index >= 15 is 0 Å². The second-order valence-corrected chi connectivity index (χ2v) is 7.37. The lowest BCUT2D eigenvalue weighted by Gasteiger charge is -2.27. The van der Waals surface area contributed by atoms with Gasteiger partial charge in [0.05, 0.1) is 0 Å². The maximum Gasteiger partial charge on any atom is 0.387 e. The van der Waals surface area contributed by atoms with Crippen molar-refractivity contribution in [1.82, 2.24) is 4.90 Å². The number of guanidine groups is 1. The normalized spacial score (nSPS) is 20.1. The van der Waals surface area contributed by atoms with Crippen molar-refractivity contribution < 1.29 is 18.3 Å². The van der Waals surface area contributed by atoms with Crippen LogP contribution in [0.3, 0.4) is 0 Å². The highest BCUT2D eigenvalue weighted by Crippen LogP contribution is 2.40. The number of hydrogen-bond acceptors (Lipinski definition) is 4. The van der Waals surface area contributed by atoms with Gasteiger partial charge in [0, 0.05) is 7.05 Å². The number of carbonyl (C=O) groups is 1. The molecule has 2 aromatic rings. The molecule has 1 heterocycles. The lowest BCUT2D eigenvalue weighted by molar-refractivity contribution is -0.129. The standard InChI is InChI=1S/C22H25F2N3O2/c1-4-14(2)12-15-6-5-7-17(13-15)22(19(28)27(3)21(25)26-22)16-8-10-18(11-9-16)29-20(23)24/h5-11,13-14,20H,4,12H2,1-3H3,(H2,25,26). The van der Waals surface area contributed by atoms with Gasteiger partial charge in [0.25, 0.3) is 5.91 Å². The van der Waals surface area contributed by atoms with Crippen molar-refractivity contribution >= 4 is 11.9 Å². The number of likely N-dealkylation sites (N-methyl/N-ethyl adjacent to an activating group) is 1. The molecule has 7 heteroatoms. The molecular formula is C22H25F2N3O2. The number of ether oxygens (including phenoxy) is 1. The molecule has 2 atom stereocenters. The summed E-state index contributed by atoms with van der Waals surface area (Å²) >= 11 is 0. The molecule has 0 fully saturated rings. The molecule has 2 aromatic carbocycles. The Hall–Kier alpha value is -2.96. The van der Waals surface area contributed by atoms with Crippen molar-refractivity contribution in [2.45, 2.75) is 38.8 Å². The van der Waals surface area contributed by atoms with Crippen LogP contribution in [0.5, 0.6) is 5.75 Å². The van der Waals surface area contributed by atoms with E-state index < -0.39 is 12.2 Å². The Bertz CT molecular complexity index is 915. The number of amides is 1. The van der Waals surface area contributed by atoms with Gasteiger partial charge < -0.3 is 10.5 Å². The number of rotatable bonds is 7. The van der Waals surface area contributed by atoms with Gasteiger partial charge >= 0.3 is 6.61 Å². The van der Waals surface area contributed by atoms with Crippen LogP contribution in [-0.2, 0) is 16.8 Å². The van der Waals surface area contributed by atoms with E-state index in [1.54, 1.807) is 19.2 Å². The predicted octanol–water partition coefficient (Wildman–Crippen LogP) is 3.91. The van der Waals surface area contributed by atoms with Crippen LogP contribution in [0.15, 0.2) is 53.5 Å². The van der Waals surface area contributed by atoms with Crippen molar-refractivity contribution in [1.29, 1.82) is 0 Å². The first-order valence-corrected chi connectivity index (χ1v) is 9.56. The first-order valence-electron chi connectivity index (χ1n) is 9.56. The molecule has 1 aliphatic heterocycles. The minimum Gasteiger partial charge on any atom is -0.435 e. The largest absolute Gasteiger partial charge is 0.435 e. The van der Waals surface area contributed by atoms with Crippen molar-refractivity contribution in [3.05, 3.63) is 65.2 Å². The molecular weight excluding hydrogens is 376 g/mol. The number of nitrogens with zero attached hydrogens (tertiary/aromatic N) is 2. The molecule has 0 spiro atoms. The third kappa shape index (κ3) is 3.95. The molecule has 0 bridgehead atoms. The van der Waals surface area contributed by atoms with Crippen molar-refractivity contribution in [2.75, 3.05) is 7.05 Å². The summed E-state index contributed by atoms with van der Waals surface area (Å²) < 4.78 is 29.4. The lowest BCUT2D eigenvalue weighted by Crippen LogP contribution is -2.41. The molecule has 29 heavy (non-hydrogen) atoms. The van der Waals surface area contributed by atoms with Crippen molar-refractivity contribution in [2.24, 2.45) is 16.6 Å². The number of aliphatic imine (C=N–C) groups is 1. The van der Waals surface area contributed by atoms with Gasteiger partial charge in [0.15, 0.2) is 11.5 Å². The summed E-state index contributed by atoms with van der Waals surface area (Å²) in [6.45, 7) is 1.40. The number of halogens is 2. The van der Waals surface area contributed by atoms with E-state index in [0.717, 1.165) is 18.4 Å². The first-order chi connectivity index (χ1) is 13.8. The summed E-state index contributed by atoms with van der Waals surface area (Å²) in [5.74, 6) is 0.330. The summed E-state index contributed by atoms with van der Waals surface area (Å²) in [6, 6.07) is 13.7. The minimum absolute atomic E-state index is 0.0140. The molecule has 2 unspecified atom stereocenters. The van der Waals surface area contributed by atoms with Crippen molar-refractivity contribution in [3.8, 4) is 5.75 Å². The fraction of sp³-hybridized carbons (Fsp3) is 0.364. The Labute approximate surface area is 169 Å². The third-order valence-electron chi connectivity index (χ3n) is 5.36. The number of benzene rings is 2. The topological polar surface area (TPSA) is 67.9 Å². The first kappa shape index (κ1) is 20.8. The molecule has 0 aromatic heterocycles. The van der Waals surface area contributed by atoms with Crippen molar-refractivity contribution in [3.63, 3.8) is 0 Å². The second kappa shape index (κ2) is 8.19. The van der Waals surface area contributed by atoms with Gasteiger partial charge in [-0.2, -0.15) is 8.78 Å². The van der Waals surface area contributed by atoms with Crippen LogP contribution >= 0.6 is 0 Å². The van der Waals surface area contributed by atoms with Crippen LogP contribution in [0.25, 0.3) is 0 Å². The molecule has 5 nitrogen and oxygen atoms in total. The van der Waals surface area contributed by atoms with Gasteiger partial charge in [-0.1, -0.05) is 56.7 Å². The number of hydrogen-bond donors (Lipinski definition) is 1. The Morgan fingerprint density at radius 2 is 1.86 bits per heavy atom. The van der Waals surface area contributed by atoms with E-state index in [-0.39, 0.29) is 17.6 Å². The second-order valence-electron chi connectivity index (χ2n) is 7.37.